The van der Waals surface area contributed by atoms with Crippen LogP contribution in [0, 0.1) is 0 Å². The Hall–Kier alpha value is -1.44. The molecule has 7 nitrogen and oxygen atoms in total. The molecule has 4 N–H and O–H groups in total. The molecule has 1 aliphatic rings. The molecule has 1 saturated heterocycles. The molecule has 0 radical (unpaired) electrons. The zero-order chi connectivity index (χ0) is 13.9. The molecule has 3 unspecified atom stereocenters. The number of urea groups is 1. The maximum atomic E-state index is 12.0. The number of carbonyl (C=O) groups is 3. The van der Waals surface area contributed by atoms with Gasteiger partial charge in [0, 0.05) is 5.75 Å². The van der Waals surface area contributed by atoms with Crippen molar-refractivity contribution < 1.29 is 19.5 Å². The molecule has 8 heteroatoms. The van der Waals surface area contributed by atoms with E-state index < -0.39 is 30.0 Å². The highest BCUT2D eigenvalue weighted by molar-refractivity contribution is 8.00. The second-order valence-electron chi connectivity index (χ2n) is 4.03. The number of nitrogens with two attached hydrogens (primary N) is 1. The van der Waals surface area contributed by atoms with Crippen LogP contribution < -0.4 is 11.1 Å². The molecule has 0 aromatic rings. The van der Waals surface area contributed by atoms with E-state index in [1.165, 1.54) is 23.6 Å². The molecule has 0 aromatic carbocycles. The van der Waals surface area contributed by atoms with Gasteiger partial charge in [-0.2, -0.15) is 0 Å². The van der Waals surface area contributed by atoms with Crippen molar-refractivity contribution in [2.45, 2.75) is 37.7 Å². The number of amides is 3. The van der Waals surface area contributed by atoms with Crippen molar-refractivity contribution >= 4 is 29.7 Å². The van der Waals surface area contributed by atoms with Gasteiger partial charge in [-0.15, -0.1) is 11.8 Å². The highest BCUT2D eigenvalue weighted by atomic mass is 32.2. The third-order valence-corrected chi connectivity index (χ3v) is 4.18. The first-order valence-electron chi connectivity index (χ1n) is 5.61. The van der Waals surface area contributed by atoms with E-state index in [1.54, 1.807) is 0 Å². The number of hydrogen-bond acceptors (Lipinski definition) is 4. The topological polar surface area (TPSA) is 113 Å². The van der Waals surface area contributed by atoms with Crippen molar-refractivity contribution in [1.29, 1.82) is 0 Å². The van der Waals surface area contributed by atoms with E-state index in [0.717, 1.165) is 0 Å². The van der Waals surface area contributed by atoms with Gasteiger partial charge in [0.25, 0.3) is 0 Å². The number of nitrogens with one attached hydrogen (secondary N) is 1. The van der Waals surface area contributed by atoms with Crippen LogP contribution in [-0.2, 0) is 9.59 Å². The van der Waals surface area contributed by atoms with Crippen LogP contribution >= 0.6 is 11.8 Å². The van der Waals surface area contributed by atoms with Crippen molar-refractivity contribution in [2.75, 3.05) is 5.75 Å². The van der Waals surface area contributed by atoms with Gasteiger partial charge < -0.3 is 16.2 Å². The number of aliphatic carboxylic acids is 1. The Morgan fingerprint density at radius 1 is 1.56 bits per heavy atom. The summed E-state index contributed by atoms with van der Waals surface area (Å²) in [6.07, 6.45) is 0.646. The van der Waals surface area contributed by atoms with Gasteiger partial charge in [0.1, 0.15) is 12.1 Å². The Balaban J connectivity index is 2.78. The predicted octanol–water partition coefficient (Wildman–Crippen LogP) is -0.192. The van der Waals surface area contributed by atoms with Crippen molar-refractivity contribution in [3.05, 3.63) is 0 Å². The van der Waals surface area contributed by atoms with Crippen molar-refractivity contribution in [3.8, 4) is 0 Å². The monoisotopic (exact) mass is 275 g/mol. The molecular formula is C10H17N3O4S. The van der Waals surface area contributed by atoms with E-state index >= 15 is 0 Å². The number of carboxylic acid groups (broad SMARTS) is 1. The van der Waals surface area contributed by atoms with Crippen molar-refractivity contribution in [1.82, 2.24) is 10.2 Å². The number of primary amides is 1. The van der Waals surface area contributed by atoms with Gasteiger partial charge in [-0.1, -0.05) is 6.92 Å². The fraction of sp³-hybridized carbons (Fsp3) is 0.700. The lowest BCUT2D eigenvalue weighted by Gasteiger charge is -2.27. The van der Waals surface area contributed by atoms with Gasteiger partial charge in [0.15, 0.2) is 0 Å². The van der Waals surface area contributed by atoms with Crippen LogP contribution in [0.5, 0.6) is 0 Å². The summed E-state index contributed by atoms with van der Waals surface area (Å²) in [5.41, 5.74) is 5.05. The van der Waals surface area contributed by atoms with Gasteiger partial charge in [-0.25, -0.2) is 9.59 Å². The molecule has 3 amide bonds. The highest BCUT2D eigenvalue weighted by Gasteiger charge is 2.41. The fourth-order valence-electron chi connectivity index (χ4n) is 1.67. The van der Waals surface area contributed by atoms with E-state index in [4.69, 9.17) is 10.8 Å². The van der Waals surface area contributed by atoms with Gasteiger partial charge in [-0.05, 0) is 13.3 Å². The van der Waals surface area contributed by atoms with Crippen LogP contribution in [0.3, 0.4) is 0 Å². The molecule has 1 heterocycles. The molecular weight excluding hydrogens is 258 g/mol. The lowest BCUT2D eigenvalue weighted by molar-refractivity contribution is -0.141. The maximum Gasteiger partial charge on any atom is 0.327 e. The Bertz CT molecular complexity index is 363. The van der Waals surface area contributed by atoms with Crippen LogP contribution in [0.1, 0.15) is 20.3 Å². The molecule has 18 heavy (non-hydrogen) atoms. The van der Waals surface area contributed by atoms with Crippen LogP contribution in [-0.4, -0.2) is 51.1 Å². The van der Waals surface area contributed by atoms with Gasteiger partial charge in [0.2, 0.25) is 5.91 Å². The van der Waals surface area contributed by atoms with Crippen molar-refractivity contribution in [3.63, 3.8) is 0 Å². The average Bonchev–Trinajstić information content (AvgIpc) is 2.72. The summed E-state index contributed by atoms with van der Waals surface area (Å²) in [7, 11) is 0. The number of hydrogen-bond donors (Lipinski definition) is 3. The van der Waals surface area contributed by atoms with Gasteiger partial charge >= 0.3 is 12.0 Å². The number of rotatable bonds is 4. The summed E-state index contributed by atoms with van der Waals surface area (Å²) in [5.74, 6) is -1.35. The summed E-state index contributed by atoms with van der Waals surface area (Å²) >= 11 is 1.42. The molecule has 0 bridgehead atoms. The summed E-state index contributed by atoms with van der Waals surface area (Å²) in [6.45, 7) is 3.33. The number of carboxylic acids is 1. The Morgan fingerprint density at radius 2 is 2.17 bits per heavy atom. The maximum absolute atomic E-state index is 12.0. The van der Waals surface area contributed by atoms with Gasteiger partial charge in [0.05, 0.1) is 5.37 Å². The molecule has 102 valence electrons. The minimum absolute atomic E-state index is 0.189. The Labute approximate surface area is 109 Å². The van der Waals surface area contributed by atoms with Gasteiger partial charge in [-0.3, -0.25) is 9.69 Å². The Morgan fingerprint density at radius 3 is 2.61 bits per heavy atom. The second-order valence-corrected chi connectivity index (χ2v) is 5.24. The van der Waals surface area contributed by atoms with Crippen LogP contribution in [0.25, 0.3) is 0 Å². The first kappa shape index (κ1) is 14.6. The molecule has 0 spiro atoms. The summed E-state index contributed by atoms with van der Waals surface area (Å²) < 4.78 is 0. The van der Waals surface area contributed by atoms with E-state index in [1.807, 2.05) is 6.92 Å². The predicted molar refractivity (Wildman–Crippen MR) is 67.0 cm³/mol. The molecule has 0 saturated carbocycles. The van der Waals surface area contributed by atoms with Crippen LogP contribution in [0.2, 0.25) is 0 Å². The summed E-state index contributed by atoms with van der Waals surface area (Å²) in [6, 6.07) is -2.25. The largest absolute Gasteiger partial charge is 0.480 e. The van der Waals surface area contributed by atoms with E-state index in [9.17, 15) is 14.4 Å². The van der Waals surface area contributed by atoms with E-state index in [-0.39, 0.29) is 5.37 Å². The molecule has 0 aromatic heterocycles. The third-order valence-electron chi connectivity index (χ3n) is 2.73. The van der Waals surface area contributed by atoms with Crippen LogP contribution in [0.4, 0.5) is 4.79 Å². The number of nitrogens with zero attached hydrogens (tertiary/aromatic N) is 1. The van der Waals surface area contributed by atoms with E-state index in [2.05, 4.69) is 5.32 Å². The molecule has 1 rings (SSSR count). The first-order chi connectivity index (χ1) is 8.38. The quantitative estimate of drug-likeness (QED) is 0.658. The minimum atomic E-state index is -1.04. The third kappa shape index (κ3) is 3.06. The lowest BCUT2D eigenvalue weighted by Crippen LogP contribution is -2.54. The lowest BCUT2D eigenvalue weighted by atomic mass is 10.2. The molecule has 1 aliphatic heterocycles. The summed E-state index contributed by atoms with van der Waals surface area (Å²) in [5, 5.41) is 11.3. The second kappa shape index (κ2) is 5.94. The first-order valence-corrected chi connectivity index (χ1v) is 6.65. The normalized spacial score (nSPS) is 24.7. The minimum Gasteiger partial charge on any atom is -0.480 e. The fourth-order valence-corrected chi connectivity index (χ4v) is 3.02. The van der Waals surface area contributed by atoms with Crippen LogP contribution in [0.15, 0.2) is 0 Å². The molecule has 0 aliphatic carbocycles. The SMILES string of the molecule is CCC1SCC(C(=O)O)N1C(=O)NC(C)C(N)=O. The molecule has 1 fully saturated rings. The smallest absolute Gasteiger partial charge is 0.327 e. The summed E-state index contributed by atoms with van der Waals surface area (Å²) in [4.78, 5) is 35.2. The van der Waals surface area contributed by atoms with Crippen molar-refractivity contribution in [2.24, 2.45) is 5.73 Å². The molecule has 3 atom stereocenters. The highest BCUT2D eigenvalue weighted by Crippen LogP contribution is 2.31. The zero-order valence-corrected chi connectivity index (χ0v) is 11.1. The Kier molecular flexibility index (Phi) is 4.83. The number of carbonyl (C=O) groups excluding carboxylic acids is 2. The van der Waals surface area contributed by atoms with E-state index in [0.29, 0.717) is 12.2 Å². The average molecular weight is 275 g/mol. The standard InChI is InChI=1S/C10H17N3O4S/c1-3-7-13(6(4-18-7)9(15)16)10(17)12-5(2)8(11)14/h5-7H,3-4H2,1-2H3,(H2,11,14)(H,12,17)(H,15,16). The zero-order valence-electron chi connectivity index (χ0n) is 10.3. The number of thioether (sulfide) groups is 1.